The Morgan fingerprint density at radius 1 is 0.731 bits per heavy atom. The summed E-state index contributed by atoms with van der Waals surface area (Å²) < 4.78 is 0. The summed E-state index contributed by atoms with van der Waals surface area (Å²) >= 11 is 5.92. The average Bonchev–Trinajstić information content (AvgIpc) is 2.67. The van der Waals surface area contributed by atoms with Crippen molar-refractivity contribution in [1.82, 2.24) is 0 Å². The third-order valence-electron chi connectivity index (χ3n) is 6.45. The second-order valence-electron chi connectivity index (χ2n) is 8.33. The minimum atomic E-state index is 0.752. The fourth-order valence-corrected chi connectivity index (χ4v) is 5.07. The zero-order chi connectivity index (χ0) is 17.9. The number of benzene rings is 2. The lowest BCUT2D eigenvalue weighted by Gasteiger charge is -2.41. The molecule has 0 aromatic heterocycles. The molecular formula is C25H27Cl. The fourth-order valence-electron chi connectivity index (χ4n) is 4.94. The van der Waals surface area contributed by atoms with Crippen molar-refractivity contribution in [3.8, 4) is 11.8 Å². The standard InChI is InChI=1S/C25H27Cl/c1-18-2-9-24-17-23(13-12-22(24)16-18)21-10-5-19(6-11-21)3-4-20-7-14-25(26)15-8-20/h5-8,10-11,14-15,18,22-24H,2,9,12-13,16-17H2,1H3. The minimum absolute atomic E-state index is 0.752. The number of halogens is 1. The van der Waals surface area contributed by atoms with Crippen LogP contribution in [0.15, 0.2) is 48.5 Å². The summed E-state index contributed by atoms with van der Waals surface area (Å²) in [5.74, 6) is 10.2. The largest absolute Gasteiger partial charge is 0.0843 e. The van der Waals surface area contributed by atoms with Crippen LogP contribution >= 0.6 is 11.6 Å². The molecule has 2 aliphatic carbocycles. The van der Waals surface area contributed by atoms with Gasteiger partial charge in [-0.05, 0) is 97.7 Å². The van der Waals surface area contributed by atoms with Crippen molar-refractivity contribution in [2.24, 2.45) is 17.8 Å². The summed E-state index contributed by atoms with van der Waals surface area (Å²) in [6.45, 7) is 2.44. The van der Waals surface area contributed by atoms with Gasteiger partial charge in [0.15, 0.2) is 0 Å². The normalized spacial score (nSPS) is 27.9. The number of rotatable bonds is 1. The van der Waals surface area contributed by atoms with Crippen LogP contribution in [0.1, 0.15) is 68.1 Å². The topological polar surface area (TPSA) is 0 Å². The van der Waals surface area contributed by atoms with Gasteiger partial charge in [0.25, 0.3) is 0 Å². The van der Waals surface area contributed by atoms with Gasteiger partial charge in [0, 0.05) is 16.1 Å². The van der Waals surface area contributed by atoms with Crippen LogP contribution in [-0.4, -0.2) is 0 Å². The van der Waals surface area contributed by atoms with Crippen LogP contribution in [0.4, 0.5) is 0 Å². The average molecular weight is 363 g/mol. The molecule has 0 nitrogen and oxygen atoms in total. The Morgan fingerprint density at radius 3 is 2.00 bits per heavy atom. The predicted molar refractivity (Wildman–Crippen MR) is 110 cm³/mol. The zero-order valence-corrected chi connectivity index (χ0v) is 16.3. The molecule has 4 unspecified atom stereocenters. The third kappa shape index (κ3) is 4.16. The van der Waals surface area contributed by atoms with Gasteiger partial charge < -0.3 is 0 Å². The second kappa shape index (κ2) is 7.89. The van der Waals surface area contributed by atoms with E-state index in [9.17, 15) is 0 Å². The first-order valence-corrected chi connectivity index (χ1v) is 10.4. The summed E-state index contributed by atoms with van der Waals surface area (Å²) in [6.07, 6.45) is 8.55. The first kappa shape index (κ1) is 17.7. The Labute approximate surface area is 163 Å². The van der Waals surface area contributed by atoms with Crippen LogP contribution in [0.2, 0.25) is 5.02 Å². The summed E-state index contributed by atoms with van der Waals surface area (Å²) in [7, 11) is 0. The van der Waals surface area contributed by atoms with Gasteiger partial charge >= 0.3 is 0 Å². The van der Waals surface area contributed by atoms with Crippen molar-refractivity contribution < 1.29 is 0 Å². The van der Waals surface area contributed by atoms with Crippen LogP contribution in [0.5, 0.6) is 0 Å². The van der Waals surface area contributed by atoms with E-state index in [1.807, 2.05) is 24.3 Å². The van der Waals surface area contributed by atoms with Crippen molar-refractivity contribution in [3.05, 3.63) is 70.2 Å². The smallest absolute Gasteiger partial charge is 0.0406 e. The van der Waals surface area contributed by atoms with Gasteiger partial charge in [0.2, 0.25) is 0 Å². The second-order valence-corrected chi connectivity index (χ2v) is 8.76. The molecule has 0 N–H and O–H groups in total. The molecule has 2 saturated carbocycles. The summed E-state index contributed by atoms with van der Waals surface area (Å²) in [5, 5.41) is 0.752. The maximum atomic E-state index is 5.92. The molecule has 0 spiro atoms. The first-order valence-electron chi connectivity index (χ1n) is 10.0. The molecule has 134 valence electrons. The lowest BCUT2D eigenvalue weighted by atomic mass is 9.64. The third-order valence-corrected chi connectivity index (χ3v) is 6.70. The van der Waals surface area contributed by atoms with Crippen LogP contribution in [-0.2, 0) is 0 Å². The maximum Gasteiger partial charge on any atom is 0.0406 e. The van der Waals surface area contributed by atoms with Crippen LogP contribution in [0.3, 0.4) is 0 Å². The minimum Gasteiger partial charge on any atom is -0.0843 e. The molecular weight excluding hydrogens is 336 g/mol. The molecule has 1 heteroatoms. The number of hydrogen-bond acceptors (Lipinski definition) is 0. The zero-order valence-electron chi connectivity index (χ0n) is 15.5. The van der Waals surface area contributed by atoms with Gasteiger partial charge in [-0.15, -0.1) is 0 Å². The molecule has 0 radical (unpaired) electrons. The van der Waals surface area contributed by atoms with Gasteiger partial charge in [-0.3, -0.25) is 0 Å². The van der Waals surface area contributed by atoms with Crippen LogP contribution in [0.25, 0.3) is 0 Å². The van der Waals surface area contributed by atoms with E-state index in [0.717, 1.165) is 39.8 Å². The SMILES string of the molecule is CC1CCC2CC(c3ccc(C#Cc4ccc(Cl)cc4)cc3)CCC2C1. The van der Waals surface area contributed by atoms with Crippen molar-refractivity contribution in [3.63, 3.8) is 0 Å². The van der Waals surface area contributed by atoms with Crippen molar-refractivity contribution in [2.75, 3.05) is 0 Å². The monoisotopic (exact) mass is 362 g/mol. The van der Waals surface area contributed by atoms with Gasteiger partial charge in [0.1, 0.15) is 0 Å². The lowest BCUT2D eigenvalue weighted by molar-refractivity contribution is 0.124. The van der Waals surface area contributed by atoms with E-state index in [-0.39, 0.29) is 0 Å². The van der Waals surface area contributed by atoms with E-state index in [0.29, 0.717) is 0 Å². The Balaban J connectivity index is 1.41. The summed E-state index contributed by atoms with van der Waals surface area (Å²) in [4.78, 5) is 0. The highest BCUT2D eigenvalue weighted by Crippen LogP contribution is 2.47. The maximum absolute atomic E-state index is 5.92. The van der Waals surface area contributed by atoms with E-state index in [2.05, 4.69) is 43.0 Å². The quantitative estimate of drug-likeness (QED) is 0.476. The summed E-state index contributed by atoms with van der Waals surface area (Å²) in [5.41, 5.74) is 3.60. The highest BCUT2D eigenvalue weighted by molar-refractivity contribution is 6.30. The van der Waals surface area contributed by atoms with E-state index in [1.165, 1.54) is 44.1 Å². The van der Waals surface area contributed by atoms with E-state index in [1.54, 1.807) is 0 Å². The Hall–Kier alpha value is -1.71. The van der Waals surface area contributed by atoms with Gasteiger partial charge in [0.05, 0.1) is 0 Å². The highest BCUT2D eigenvalue weighted by Gasteiger charge is 2.34. The first-order chi connectivity index (χ1) is 12.7. The summed E-state index contributed by atoms with van der Waals surface area (Å²) in [6, 6.07) is 16.7. The molecule has 26 heavy (non-hydrogen) atoms. The lowest BCUT2D eigenvalue weighted by Crippen LogP contribution is -2.29. The van der Waals surface area contributed by atoms with Crippen molar-refractivity contribution in [2.45, 2.75) is 51.4 Å². The van der Waals surface area contributed by atoms with Crippen molar-refractivity contribution >= 4 is 11.6 Å². The molecule has 2 aromatic rings. The van der Waals surface area contributed by atoms with E-state index >= 15 is 0 Å². The highest BCUT2D eigenvalue weighted by atomic mass is 35.5. The molecule has 0 amide bonds. The predicted octanol–water partition coefficient (Wildman–Crippen LogP) is 7.06. The molecule has 2 aliphatic rings. The Kier molecular flexibility index (Phi) is 5.37. The molecule has 4 atom stereocenters. The Morgan fingerprint density at radius 2 is 1.31 bits per heavy atom. The molecule has 2 fully saturated rings. The fraction of sp³-hybridized carbons (Fsp3) is 0.440. The van der Waals surface area contributed by atoms with E-state index in [4.69, 9.17) is 11.6 Å². The molecule has 0 bridgehead atoms. The van der Waals surface area contributed by atoms with Gasteiger partial charge in [-0.25, -0.2) is 0 Å². The molecule has 0 heterocycles. The van der Waals surface area contributed by atoms with Gasteiger partial charge in [-0.2, -0.15) is 0 Å². The number of hydrogen-bond donors (Lipinski definition) is 0. The van der Waals surface area contributed by atoms with E-state index < -0.39 is 0 Å². The van der Waals surface area contributed by atoms with Crippen LogP contribution < -0.4 is 0 Å². The molecule has 0 saturated heterocycles. The van der Waals surface area contributed by atoms with Crippen molar-refractivity contribution in [1.29, 1.82) is 0 Å². The molecule has 2 aromatic carbocycles. The number of fused-ring (bicyclic) bond motifs is 1. The van der Waals surface area contributed by atoms with Gasteiger partial charge in [-0.1, -0.05) is 48.9 Å². The van der Waals surface area contributed by atoms with Crippen LogP contribution in [0, 0.1) is 29.6 Å². The molecule has 0 aliphatic heterocycles. The molecule has 4 rings (SSSR count). The Bertz CT molecular complexity index is 791.